The second-order valence-electron chi connectivity index (χ2n) is 7.93. The molecular formula is C19H24BrNO. The van der Waals surface area contributed by atoms with E-state index in [4.69, 9.17) is 4.99 Å². The van der Waals surface area contributed by atoms with Gasteiger partial charge >= 0.3 is 0 Å². The number of aliphatic imine (C=N–C) groups is 1. The van der Waals surface area contributed by atoms with E-state index in [9.17, 15) is 5.11 Å². The third-order valence-electron chi connectivity index (χ3n) is 6.17. The van der Waals surface area contributed by atoms with Gasteiger partial charge in [-0.15, -0.1) is 0 Å². The average molecular weight is 362 g/mol. The molecule has 4 atom stereocenters. The molecule has 4 aliphatic carbocycles. The fraction of sp³-hybridized carbons (Fsp3) is 0.632. The molecule has 0 spiro atoms. The quantitative estimate of drug-likeness (QED) is 0.739. The maximum atomic E-state index is 9.93. The van der Waals surface area contributed by atoms with Crippen LogP contribution in [0.2, 0.25) is 0 Å². The molecule has 0 aliphatic heterocycles. The number of benzene rings is 1. The summed E-state index contributed by atoms with van der Waals surface area (Å²) < 4.78 is 0.984. The largest absolute Gasteiger partial charge is 0.507 e. The van der Waals surface area contributed by atoms with Crippen molar-refractivity contribution in [3.8, 4) is 5.75 Å². The maximum Gasteiger partial charge on any atom is 0.124 e. The Bertz CT molecular complexity index is 583. The number of halogens is 1. The van der Waals surface area contributed by atoms with Crippen molar-refractivity contribution in [3.05, 3.63) is 28.2 Å². The van der Waals surface area contributed by atoms with Crippen LogP contribution in [0.1, 0.15) is 50.5 Å². The molecule has 5 rings (SSSR count). The minimum atomic E-state index is 0.314. The van der Waals surface area contributed by atoms with Crippen molar-refractivity contribution in [1.82, 2.24) is 0 Å². The van der Waals surface area contributed by atoms with Crippen LogP contribution in [0, 0.1) is 23.2 Å². The molecule has 0 radical (unpaired) electrons. The van der Waals surface area contributed by atoms with Crippen molar-refractivity contribution in [2.24, 2.45) is 28.2 Å². The van der Waals surface area contributed by atoms with Crippen LogP contribution in [0.15, 0.2) is 27.7 Å². The summed E-state index contributed by atoms with van der Waals surface area (Å²) >= 11 is 3.46. The van der Waals surface area contributed by atoms with Crippen molar-refractivity contribution < 1.29 is 5.11 Å². The highest BCUT2D eigenvalue weighted by atomic mass is 79.9. The molecule has 3 heteroatoms. The van der Waals surface area contributed by atoms with Crippen molar-refractivity contribution >= 4 is 22.1 Å². The first-order chi connectivity index (χ1) is 10.6. The first kappa shape index (κ1) is 14.7. The maximum absolute atomic E-state index is 9.93. The topological polar surface area (TPSA) is 32.6 Å². The summed E-state index contributed by atoms with van der Waals surface area (Å²) in [6.45, 7) is 0.943. The lowest BCUT2D eigenvalue weighted by molar-refractivity contribution is 0.0727. The van der Waals surface area contributed by atoms with Crippen LogP contribution in [0.3, 0.4) is 0 Å². The van der Waals surface area contributed by atoms with E-state index in [1.807, 2.05) is 18.3 Å². The molecule has 4 bridgehead atoms. The van der Waals surface area contributed by atoms with Gasteiger partial charge in [0.2, 0.25) is 0 Å². The smallest absolute Gasteiger partial charge is 0.124 e. The van der Waals surface area contributed by atoms with Gasteiger partial charge in [-0.1, -0.05) is 15.9 Å². The van der Waals surface area contributed by atoms with E-state index in [-0.39, 0.29) is 0 Å². The summed E-state index contributed by atoms with van der Waals surface area (Å²) in [4.78, 5) is 4.77. The van der Waals surface area contributed by atoms with E-state index in [1.54, 1.807) is 6.07 Å². The molecule has 2 nitrogen and oxygen atoms in total. The molecule has 0 heterocycles. The Hall–Kier alpha value is -0.830. The Kier molecular flexibility index (Phi) is 3.80. The lowest BCUT2D eigenvalue weighted by Crippen LogP contribution is -2.36. The van der Waals surface area contributed by atoms with Gasteiger partial charge in [-0.3, -0.25) is 4.99 Å². The van der Waals surface area contributed by atoms with E-state index in [0.717, 1.165) is 34.3 Å². The zero-order chi connectivity index (χ0) is 15.2. The molecule has 0 amide bonds. The summed E-state index contributed by atoms with van der Waals surface area (Å²) in [5, 5.41) is 9.93. The number of hydrogen-bond donors (Lipinski definition) is 1. The normalized spacial score (nSPS) is 36.9. The minimum Gasteiger partial charge on any atom is -0.507 e. The Labute approximate surface area is 141 Å². The highest BCUT2D eigenvalue weighted by Crippen LogP contribution is 2.57. The molecule has 22 heavy (non-hydrogen) atoms. The van der Waals surface area contributed by atoms with Gasteiger partial charge in [0, 0.05) is 22.8 Å². The molecular weight excluding hydrogens is 338 g/mol. The van der Waals surface area contributed by atoms with Crippen LogP contribution >= 0.6 is 15.9 Å². The molecule has 1 aromatic carbocycles. The predicted molar refractivity (Wildman–Crippen MR) is 93.5 cm³/mol. The van der Waals surface area contributed by atoms with Gasteiger partial charge < -0.3 is 5.11 Å². The SMILES string of the molecule is Oc1ccc(Br)cc1C=NCC12CCC3C[C@H](C[C@H](C3)C1)C2. The zero-order valence-corrected chi connectivity index (χ0v) is 14.6. The number of phenolic OH excluding ortho intramolecular Hbond substituents is 1. The molecule has 4 fully saturated rings. The number of nitrogens with zero attached hydrogens (tertiary/aromatic N) is 1. The molecule has 1 aromatic rings. The summed E-state index contributed by atoms with van der Waals surface area (Å²) in [6, 6.07) is 5.51. The Morgan fingerprint density at radius 1 is 1.18 bits per heavy atom. The Morgan fingerprint density at radius 2 is 1.91 bits per heavy atom. The summed E-state index contributed by atoms with van der Waals surface area (Å²) in [6.07, 6.45) is 11.9. The van der Waals surface area contributed by atoms with Gasteiger partial charge in [-0.2, -0.15) is 0 Å². The minimum absolute atomic E-state index is 0.314. The second kappa shape index (κ2) is 5.67. The Morgan fingerprint density at radius 3 is 2.68 bits per heavy atom. The highest BCUT2D eigenvalue weighted by Gasteiger charge is 2.47. The monoisotopic (exact) mass is 361 g/mol. The van der Waals surface area contributed by atoms with Crippen LogP contribution in [0.5, 0.6) is 5.75 Å². The van der Waals surface area contributed by atoms with Gasteiger partial charge in [0.15, 0.2) is 0 Å². The first-order valence-electron chi connectivity index (χ1n) is 8.60. The number of hydrogen-bond acceptors (Lipinski definition) is 2. The fourth-order valence-electron chi connectivity index (χ4n) is 5.47. The summed E-state index contributed by atoms with van der Waals surface area (Å²) in [5.74, 6) is 3.25. The number of fused-ring (bicyclic) bond motifs is 1. The summed E-state index contributed by atoms with van der Waals surface area (Å²) in [7, 11) is 0. The second-order valence-corrected chi connectivity index (χ2v) is 8.84. The lowest BCUT2D eigenvalue weighted by Gasteiger charge is -2.44. The average Bonchev–Trinajstić information content (AvgIpc) is 2.67. The predicted octanol–water partition coefficient (Wildman–Crippen LogP) is 5.18. The first-order valence-corrected chi connectivity index (χ1v) is 9.40. The van der Waals surface area contributed by atoms with Gasteiger partial charge in [-0.05, 0) is 86.3 Å². The number of phenols is 1. The molecule has 1 N–H and O–H groups in total. The highest BCUT2D eigenvalue weighted by molar-refractivity contribution is 9.10. The third-order valence-corrected chi connectivity index (χ3v) is 6.67. The lowest BCUT2D eigenvalue weighted by atomic mass is 9.61. The van der Waals surface area contributed by atoms with Crippen LogP contribution in [-0.4, -0.2) is 17.9 Å². The van der Waals surface area contributed by atoms with E-state index in [2.05, 4.69) is 15.9 Å². The van der Waals surface area contributed by atoms with Crippen LogP contribution < -0.4 is 0 Å². The molecule has 0 aromatic heterocycles. The fourth-order valence-corrected chi connectivity index (χ4v) is 5.85. The van der Waals surface area contributed by atoms with Crippen molar-refractivity contribution in [2.75, 3.05) is 6.54 Å². The molecule has 4 aliphatic rings. The van der Waals surface area contributed by atoms with Crippen LogP contribution in [-0.2, 0) is 0 Å². The van der Waals surface area contributed by atoms with Crippen molar-refractivity contribution in [3.63, 3.8) is 0 Å². The van der Waals surface area contributed by atoms with Gasteiger partial charge in [-0.25, -0.2) is 0 Å². The van der Waals surface area contributed by atoms with Gasteiger partial charge in [0.05, 0.1) is 0 Å². The molecule has 118 valence electrons. The van der Waals surface area contributed by atoms with E-state index in [0.29, 0.717) is 11.2 Å². The molecule has 4 saturated carbocycles. The van der Waals surface area contributed by atoms with E-state index < -0.39 is 0 Å². The van der Waals surface area contributed by atoms with E-state index in [1.165, 1.54) is 44.9 Å². The van der Waals surface area contributed by atoms with Crippen molar-refractivity contribution in [1.29, 1.82) is 0 Å². The van der Waals surface area contributed by atoms with Gasteiger partial charge in [0.1, 0.15) is 5.75 Å². The van der Waals surface area contributed by atoms with Gasteiger partial charge in [0.25, 0.3) is 0 Å². The van der Waals surface area contributed by atoms with Crippen LogP contribution in [0.4, 0.5) is 0 Å². The zero-order valence-electron chi connectivity index (χ0n) is 13.0. The Balaban J connectivity index is 1.51. The van der Waals surface area contributed by atoms with Crippen LogP contribution in [0.25, 0.3) is 0 Å². The molecule has 2 unspecified atom stereocenters. The number of aromatic hydroxyl groups is 1. The third kappa shape index (κ3) is 2.84. The summed E-state index contributed by atoms with van der Waals surface area (Å²) in [5.41, 5.74) is 1.27. The van der Waals surface area contributed by atoms with Crippen molar-refractivity contribution in [2.45, 2.75) is 44.9 Å². The molecule has 0 saturated heterocycles. The number of rotatable bonds is 3. The van der Waals surface area contributed by atoms with E-state index >= 15 is 0 Å². The standard InChI is InChI=1S/C19H24BrNO/c20-17-1-2-18(22)16(8-17)11-21-12-19-4-3-13-5-14(9-19)7-15(6-13)10-19/h1-2,8,11,13-15,22H,3-7,9-10,12H2/t13?,14-,15+,19?.